The number of amides is 1. The largest absolute Gasteiger partial charge is 0.361 e. The first-order valence-electron chi connectivity index (χ1n) is 8.96. The number of sulfonamides is 1. The van der Waals surface area contributed by atoms with E-state index in [1.54, 1.807) is 6.92 Å². The Bertz CT molecular complexity index is 928. The molecule has 0 radical (unpaired) electrons. The summed E-state index contributed by atoms with van der Waals surface area (Å²) in [4.78, 5) is 16.7. The lowest BCUT2D eigenvalue weighted by molar-refractivity contribution is -0.115. The number of benzene rings is 2. The van der Waals surface area contributed by atoms with E-state index in [9.17, 15) is 13.2 Å². The number of hydrogen-bond acceptors (Lipinski definition) is 5. The maximum Gasteiger partial charge on any atom is 0.243 e. The zero-order chi connectivity index (χ0) is 20.9. The maximum absolute atomic E-state index is 12.7. The van der Waals surface area contributed by atoms with Gasteiger partial charge in [-0.05, 0) is 63.3 Å². The first-order valence-corrected chi connectivity index (χ1v) is 10.5. The Hall–Kier alpha value is -2.42. The van der Waals surface area contributed by atoms with Gasteiger partial charge in [-0.3, -0.25) is 4.79 Å². The number of carbonyl (C=O) groups excluding carboxylic acids is 1. The number of para-hydroxylation sites is 1. The van der Waals surface area contributed by atoms with Crippen LogP contribution in [-0.4, -0.2) is 53.0 Å². The molecule has 0 aromatic heterocycles. The van der Waals surface area contributed by atoms with Gasteiger partial charge in [-0.1, -0.05) is 18.2 Å². The van der Waals surface area contributed by atoms with E-state index < -0.39 is 10.0 Å². The topological polar surface area (TPSA) is 95.7 Å². The number of primary sulfonamides is 1. The van der Waals surface area contributed by atoms with Crippen LogP contribution >= 0.6 is 0 Å². The second kappa shape index (κ2) is 9.18. The van der Waals surface area contributed by atoms with Crippen LogP contribution in [0.4, 0.5) is 11.4 Å². The molecule has 0 saturated carbocycles. The molecule has 2 aromatic rings. The molecule has 3 N–H and O–H groups in total. The van der Waals surface area contributed by atoms with Crippen molar-refractivity contribution in [2.75, 3.05) is 43.9 Å². The Morgan fingerprint density at radius 2 is 1.71 bits per heavy atom. The van der Waals surface area contributed by atoms with E-state index in [1.165, 1.54) is 12.1 Å². The van der Waals surface area contributed by atoms with Crippen LogP contribution in [0, 0.1) is 13.8 Å². The fraction of sp³-hybridized carbons (Fsp3) is 0.350. The zero-order valence-electron chi connectivity index (χ0n) is 16.8. The average Bonchev–Trinajstić information content (AvgIpc) is 2.62. The molecule has 0 heterocycles. The summed E-state index contributed by atoms with van der Waals surface area (Å²) in [7, 11) is 0.109. The van der Waals surface area contributed by atoms with Crippen molar-refractivity contribution < 1.29 is 13.2 Å². The van der Waals surface area contributed by atoms with Crippen LogP contribution in [0.1, 0.15) is 11.1 Å². The highest BCUT2D eigenvalue weighted by Gasteiger charge is 2.16. The predicted molar refractivity (Wildman–Crippen MR) is 113 cm³/mol. The van der Waals surface area contributed by atoms with Crippen molar-refractivity contribution in [2.45, 2.75) is 18.7 Å². The second-order valence-corrected chi connectivity index (χ2v) is 8.63. The number of anilines is 2. The van der Waals surface area contributed by atoms with Gasteiger partial charge in [0.25, 0.3) is 0 Å². The normalized spacial score (nSPS) is 11.5. The minimum atomic E-state index is -3.85. The Morgan fingerprint density at radius 3 is 2.29 bits per heavy atom. The Labute approximate surface area is 167 Å². The minimum absolute atomic E-state index is 0.0153. The standard InChI is InChI=1S/C20H28N4O3S/c1-15-12-18(28(21,26)27)13-19(16(15)2)22-20(25)14-24(11-10-23(3)4)17-8-6-5-7-9-17/h5-9,12-13H,10-11,14H2,1-4H3,(H,22,25)(H2,21,26,27). The number of likely N-dealkylation sites (N-methyl/N-ethyl adjacent to an activating group) is 1. The van der Waals surface area contributed by atoms with Crippen molar-refractivity contribution >= 4 is 27.3 Å². The van der Waals surface area contributed by atoms with Gasteiger partial charge >= 0.3 is 0 Å². The van der Waals surface area contributed by atoms with Gasteiger partial charge in [0, 0.05) is 24.5 Å². The molecule has 8 heteroatoms. The number of hydrogen-bond donors (Lipinski definition) is 2. The molecule has 2 aromatic carbocycles. The third-order valence-electron chi connectivity index (χ3n) is 4.52. The van der Waals surface area contributed by atoms with E-state index in [1.807, 2.05) is 56.3 Å². The Kier molecular flexibility index (Phi) is 7.17. The summed E-state index contributed by atoms with van der Waals surface area (Å²) >= 11 is 0. The molecule has 152 valence electrons. The van der Waals surface area contributed by atoms with Gasteiger partial charge in [0.05, 0.1) is 11.4 Å². The van der Waals surface area contributed by atoms with E-state index in [0.29, 0.717) is 12.2 Å². The highest BCUT2D eigenvalue weighted by atomic mass is 32.2. The molecule has 0 aliphatic rings. The molecular weight excluding hydrogens is 376 g/mol. The highest BCUT2D eigenvalue weighted by Crippen LogP contribution is 2.24. The molecule has 7 nitrogen and oxygen atoms in total. The molecule has 0 atom stereocenters. The van der Waals surface area contributed by atoms with Crippen molar-refractivity contribution in [1.29, 1.82) is 0 Å². The summed E-state index contributed by atoms with van der Waals surface area (Å²) in [5.41, 5.74) is 2.95. The molecule has 2 rings (SSSR count). The molecular formula is C20H28N4O3S. The van der Waals surface area contributed by atoms with Gasteiger partial charge in [-0.2, -0.15) is 0 Å². The summed E-state index contributed by atoms with van der Waals surface area (Å²) in [6.07, 6.45) is 0. The third-order valence-corrected chi connectivity index (χ3v) is 5.41. The van der Waals surface area contributed by atoms with Crippen LogP contribution in [-0.2, 0) is 14.8 Å². The fourth-order valence-electron chi connectivity index (χ4n) is 2.74. The van der Waals surface area contributed by atoms with Crippen LogP contribution in [0.15, 0.2) is 47.4 Å². The van der Waals surface area contributed by atoms with Gasteiger partial charge < -0.3 is 15.1 Å². The lowest BCUT2D eigenvalue weighted by Gasteiger charge is -2.26. The quantitative estimate of drug-likeness (QED) is 0.701. The van der Waals surface area contributed by atoms with E-state index in [0.717, 1.165) is 23.4 Å². The van der Waals surface area contributed by atoms with Crippen LogP contribution in [0.5, 0.6) is 0 Å². The monoisotopic (exact) mass is 404 g/mol. The molecule has 0 fully saturated rings. The summed E-state index contributed by atoms with van der Waals surface area (Å²) < 4.78 is 23.4. The number of nitrogens with one attached hydrogen (secondary N) is 1. The minimum Gasteiger partial charge on any atom is -0.361 e. The van der Waals surface area contributed by atoms with E-state index >= 15 is 0 Å². The third kappa shape index (κ3) is 6.05. The smallest absolute Gasteiger partial charge is 0.243 e. The van der Waals surface area contributed by atoms with Crippen molar-refractivity contribution in [1.82, 2.24) is 4.90 Å². The lowest BCUT2D eigenvalue weighted by atomic mass is 10.1. The lowest BCUT2D eigenvalue weighted by Crippen LogP contribution is -2.37. The first kappa shape index (κ1) is 21.9. The number of nitrogens with two attached hydrogens (primary N) is 1. The van der Waals surface area contributed by atoms with Gasteiger partial charge in [0.2, 0.25) is 15.9 Å². The summed E-state index contributed by atoms with van der Waals surface area (Å²) in [5.74, 6) is -0.225. The zero-order valence-corrected chi connectivity index (χ0v) is 17.6. The maximum atomic E-state index is 12.7. The number of aryl methyl sites for hydroxylation is 1. The van der Waals surface area contributed by atoms with Crippen LogP contribution in [0.3, 0.4) is 0 Å². The van der Waals surface area contributed by atoms with Crippen molar-refractivity contribution in [3.05, 3.63) is 53.6 Å². The van der Waals surface area contributed by atoms with Crippen molar-refractivity contribution in [2.24, 2.45) is 5.14 Å². The predicted octanol–water partition coefficient (Wildman–Crippen LogP) is 1.96. The summed E-state index contributed by atoms with van der Waals surface area (Å²) in [5, 5.41) is 8.08. The molecule has 0 unspecified atom stereocenters. The number of rotatable bonds is 8. The average molecular weight is 405 g/mol. The molecule has 28 heavy (non-hydrogen) atoms. The van der Waals surface area contributed by atoms with Gasteiger partial charge in [0.15, 0.2) is 0 Å². The number of carbonyl (C=O) groups is 1. The SMILES string of the molecule is Cc1cc(S(N)(=O)=O)cc(NC(=O)CN(CCN(C)C)c2ccccc2)c1C. The van der Waals surface area contributed by atoms with Crippen LogP contribution < -0.4 is 15.4 Å². The Balaban J connectivity index is 2.22. The van der Waals surface area contributed by atoms with Crippen molar-refractivity contribution in [3.8, 4) is 0 Å². The second-order valence-electron chi connectivity index (χ2n) is 7.07. The molecule has 0 spiro atoms. The molecule has 1 amide bonds. The van der Waals surface area contributed by atoms with Crippen LogP contribution in [0.25, 0.3) is 0 Å². The van der Waals surface area contributed by atoms with E-state index in [4.69, 9.17) is 5.14 Å². The summed E-state index contributed by atoms with van der Waals surface area (Å²) in [6.45, 7) is 5.24. The Morgan fingerprint density at radius 1 is 1.07 bits per heavy atom. The fourth-order valence-corrected chi connectivity index (χ4v) is 3.37. The van der Waals surface area contributed by atoms with Gasteiger partial charge in [-0.15, -0.1) is 0 Å². The van der Waals surface area contributed by atoms with E-state index in [2.05, 4.69) is 10.2 Å². The van der Waals surface area contributed by atoms with Gasteiger partial charge in [-0.25, -0.2) is 13.6 Å². The van der Waals surface area contributed by atoms with Crippen molar-refractivity contribution in [3.63, 3.8) is 0 Å². The summed E-state index contributed by atoms with van der Waals surface area (Å²) in [6, 6.07) is 12.6. The molecule has 0 bridgehead atoms. The molecule has 0 aliphatic carbocycles. The molecule has 0 aliphatic heterocycles. The van der Waals surface area contributed by atoms with E-state index in [-0.39, 0.29) is 17.3 Å². The number of nitrogens with zero attached hydrogens (tertiary/aromatic N) is 2. The molecule has 0 saturated heterocycles. The highest BCUT2D eigenvalue weighted by molar-refractivity contribution is 7.89. The van der Waals surface area contributed by atoms with Gasteiger partial charge in [0.1, 0.15) is 0 Å². The van der Waals surface area contributed by atoms with Crippen LogP contribution in [0.2, 0.25) is 0 Å². The first-order chi connectivity index (χ1) is 13.1.